The second-order valence-corrected chi connectivity index (χ2v) is 6.17. The van der Waals surface area contributed by atoms with Crippen molar-refractivity contribution in [1.82, 2.24) is 4.90 Å². The molecule has 6 heteroatoms. The van der Waals surface area contributed by atoms with E-state index in [1.807, 2.05) is 0 Å². The number of carbonyl (C=O) groups excluding carboxylic acids is 3. The van der Waals surface area contributed by atoms with Crippen molar-refractivity contribution in [2.24, 2.45) is 11.8 Å². The SMILES string of the molecule is O=C(CCN1C(=O)C2CCCCC2C1=O)Nc1cccc(O)c1. The van der Waals surface area contributed by atoms with Gasteiger partial charge < -0.3 is 10.4 Å². The number of phenols is 1. The molecule has 0 aromatic heterocycles. The summed E-state index contributed by atoms with van der Waals surface area (Å²) in [7, 11) is 0. The predicted molar refractivity (Wildman–Crippen MR) is 83.5 cm³/mol. The van der Waals surface area contributed by atoms with E-state index in [9.17, 15) is 19.5 Å². The van der Waals surface area contributed by atoms with Crippen LogP contribution in [0, 0.1) is 11.8 Å². The number of carbonyl (C=O) groups is 3. The van der Waals surface area contributed by atoms with Crippen LogP contribution in [0.15, 0.2) is 24.3 Å². The fraction of sp³-hybridized carbons (Fsp3) is 0.471. The van der Waals surface area contributed by atoms with Crippen LogP contribution in [0.25, 0.3) is 0 Å². The predicted octanol–water partition coefficient (Wildman–Crippen LogP) is 1.90. The summed E-state index contributed by atoms with van der Waals surface area (Å²) in [6, 6.07) is 6.25. The summed E-state index contributed by atoms with van der Waals surface area (Å²) in [5.41, 5.74) is 0.489. The summed E-state index contributed by atoms with van der Waals surface area (Å²) < 4.78 is 0. The Labute approximate surface area is 134 Å². The molecule has 23 heavy (non-hydrogen) atoms. The lowest BCUT2D eigenvalue weighted by Gasteiger charge is -2.19. The number of benzene rings is 1. The van der Waals surface area contributed by atoms with Gasteiger partial charge in [-0.05, 0) is 25.0 Å². The molecule has 1 aromatic rings. The maximum Gasteiger partial charge on any atom is 0.233 e. The number of rotatable bonds is 4. The van der Waals surface area contributed by atoms with Crippen molar-refractivity contribution in [1.29, 1.82) is 0 Å². The number of hydrogen-bond acceptors (Lipinski definition) is 4. The molecule has 2 unspecified atom stereocenters. The van der Waals surface area contributed by atoms with Crippen molar-refractivity contribution in [2.45, 2.75) is 32.1 Å². The smallest absolute Gasteiger partial charge is 0.233 e. The van der Waals surface area contributed by atoms with Gasteiger partial charge >= 0.3 is 0 Å². The summed E-state index contributed by atoms with van der Waals surface area (Å²) in [5, 5.41) is 12.0. The fourth-order valence-electron chi connectivity index (χ4n) is 3.47. The molecule has 2 aliphatic rings. The molecule has 1 aliphatic carbocycles. The Bertz CT molecular complexity index is 619. The van der Waals surface area contributed by atoms with Crippen molar-refractivity contribution in [3.05, 3.63) is 24.3 Å². The zero-order valence-electron chi connectivity index (χ0n) is 12.8. The molecule has 0 bridgehead atoms. The monoisotopic (exact) mass is 316 g/mol. The minimum Gasteiger partial charge on any atom is -0.508 e. The van der Waals surface area contributed by atoms with E-state index >= 15 is 0 Å². The Kier molecular flexibility index (Phi) is 4.32. The summed E-state index contributed by atoms with van der Waals surface area (Å²) >= 11 is 0. The highest BCUT2D eigenvalue weighted by molar-refractivity contribution is 6.05. The van der Waals surface area contributed by atoms with Crippen LogP contribution in [-0.2, 0) is 14.4 Å². The lowest BCUT2D eigenvalue weighted by Crippen LogP contribution is -2.34. The zero-order valence-corrected chi connectivity index (χ0v) is 12.8. The molecule has 2 N–H and O–H groups in total. The van der Waals surface area contributed by atoms with Crippen molar-refractivity contribution >= 4 is 23.4 Å². The Morgan fingerprint density at radius 2 is 1.83 bits per heavy atom. The highest BCUT2D eigenvalue weighted by Gasteiger charge is 2.47. The van der Waals surface area contributed by atoms with Crippen LogP contribution >= 0.6 is 0 Å². The van der Waals surface area contributed by atoms with Gasteiger partial charge in [0.15, 0.2) is 0 Å². The van der Waals surface area contributed by atoms with Gasteiger partial charge in [-0.1, -0.05) is 18.9 Å². The average Bonchev–Trinajstić information content (AvgIpc) is 2.77. The average molecular weight is 316 g/mol. The summed E-state index contributed by atoms with van der Waals surface area (Å²) in [4.78, 5) is 37.8. The molecule has 1 aromatic carbocycles. The largest absolute Gasteiger partial charge is 0.508 e. The number of phenolic OH excluding ortho intramolecular Hbond substituents is 1. The molecule has 0 spiro atoms. The normalized spacial score (nSPS) is 23.7. The number of hydrogen-bond donors (Lipinski definition) is 2. The molecular formula is C17H20N2O4. The molecule has 3 rings (SSSR count). The number of nitrogens with one attached hydrogen (secondary N) is 1. The third-order valence-corrected chi connectivity index (χ3v) is 4.62. The number of anilines is 1. The van der Waals surface area contributed by atoms with E-state index in [1.54, 1.807) is 12.1 Å². The molecule has 3 amide bonds. The number of likely N-dealkylation sites (tertiary alicyclic amines) is 1. The van der Waals surface area contributed by atoms with E-state index in [0.717, 1.165) is 25.7 Å². The molecule has 1 saturated carbocycles. The second-order valence-electron chi connectivity index (χ2n) is 6.17. The van der Waals surface area contributed by atoms with Gasteiger partial charge in [0.1, 0.15) is 5.75 Å². The Balaban J connectivity index is 1.56. The van der Waals surface area contributed by atoms with Gasteiger partial charge in [0, 0.05) is 24.7 Å². The van der Waals surface area contributed by atoms with Gasteiger partial charge in [0.05, 0.1) is 11.8 Å². The molecule has 122 valence electrons. The van der Waals surface area contributed by atoms with Crippen LogP contribution < -0.4 is 5.32 Å². The van der Waals surface area contributed by atoms with E-state index in [0.29, 0.717) is 5.69 Å². The quantitative estimate of drug-likeness (QED) is 0.831. The van der Waals surface area contributed by atoms with Crippen molar-refractivity contribution in [3.63, 3.8) is 0 Å². The first kappa shape index (κ1) is 15.5. The minimum atomic E-state index is -0.286. The van der Waals surface area contributed by atoms with E-state index in [4.69, 9.17) is 0 Å². The Morgan fingerprint density at radius 1 is 1.17 bits per heavy atom. The topological polar surface area (TPSA) is 86.7 Å². The van der Waals surface area contributed by atoms with Crippen LogP contribution in [0.1, 0.15) is 32.1 Å². The molecule has 1 heterocycles. The highest BCUT2D eigenvalue weighted by Crippen LogP contribution is 2.37. The number of amides is 3. The molecule has 6 nitrogen and oxygen atoms in total. The van der Waals surface area contributed by atoms with E-state index < -0.39 is 0 Å². The van der Waals surface area contributed by atoms with Gasteiger partial charge in [-0.3, -0.25) is 19.3 Å². The molecule has 1 aliphatic heterocycles. The van der Waals surface area contributed by atoms with Gasteiger partial charge in [-0.15, -0.1) is 0 Å². The Morgan fingerprint density at radius 3 is 2.43 bits per heavy atom. The lowest BCUT2D eigenvalue weighted by atomic mass is 9.81. The van der Waals surface area contributed by atoms with Crippen molar-refractivity contribution in [2.75, 3.05) is 11.9 Å². The summed E-state index contributed by atoms with van der Waals surface area (Å²) in [5.74, 6) is -0.812. The third kappa shape index (κ3) is 3.21. The summed E-state index contributed by atoms with van der Waals surface area (Å²) in [6.07, 6.45) is 3.60. The number of aromatic hydroxyl groups is 1. The lowest BCUT2D eigenvalue weighted by molar-refractivity contribution is -0.140. The fourth-order valence-corrected chi connectivity index (χ4v) is 3.47. The van der Waals surface area contributed by atoms with Crippen LogP contribution in [0.4, 0.5) is 5.69 Å². The van der Waals surface area contributed by atoms with Crippen LogP contribution in [-0.4, -0.2) is 34.3 Å². The van der Waals surface area contributed by atoms with Crippen LogP contribution in [0.5, 0.6) is 5.75 Å². The third-order valence-electron chi connectivity index (χ3n) is 4.62. The maximum absolute atomic E-state index is 12.3. The van der Waals surface area contributed by atoms with E-state index in [-0.39, 0.29) is 48.3 Å². The van der Waals surface area contributed by atoms with E-state index in [1.165, 1.54) is 17.0 Å². The van der Waals surface area contributed by atoms with Gasteiger partial charge in [-0.25, -0.2) is 0 Å². The van der Waals surface area contributed by atoms with Crippen molar-refractivity contribution in [3.8, 4) is 5.75 Å². The standard InChI is InChI=1S/C17H20N2O4/c20-12-5-3-4-11(10-12)18-15(21)8-9-19-16(22)13-6-1-2-7-14(13)17(19)23/h3-5,10,13-14,20H,1-2,6-9H2,(H,18,21). The van der Waals surface area contributed by atoms with E-state index in [2.05, 4.69) is 5.32 Å². The first-order valence-corrected chi connectivity index (χ1v) is 8.00. The van der Waals surface area contributed by atoms with Gasteiger partial charge in [0.25, 0.3) is 0 Å². The van der Waals surface area contributed by atoms with Crippen LogP contribution in [0.2, 0.25) is 0 Å². The minimum absolute atomic E-state index is 0.0621. The highest BCUT2D eigenvalue weighted by atomic mass is 16.3. The van der Waals surface area contributed by atoms with Crippen LogP contribution in [0.3, 0.4) is 0 Å². The molecule has 2 fully saturated rings. The second kappa shape index (κ2) is 6.40. The number of imide groups is 1. The number of nitrogens with zero attached hydrogens (tertiary/aromatic N) is 1. The molecule has 1 saturated heterocycles. The molecule has 2 atom stereocenters. The number of fused-ring (bicyclic) bond motifs is 1. The van der Waals surface area contributed by atoms with Gasteiger partial charge in [0.2, 0.25) is 17.7 Å². The molecule has 0 radical (unpaired) electrons. The molecular weight excluding hydrogens is 296 g/mol. The first-order chi connectivity index (χ1) is 11.1. The first-order valence-electron chi connectivity index (χ1n) is 8.00. The van der Waals surface area contributed by atoms with Gasteiger partial charge in [-0.2, -0.15) is 0 Å². The summed E-state index contributed by atoms with van der Waals surface area (Å²) in [6.45, 7) is 0.120. The zero-order chi connectivity index (χ0) is 16.4. The van der Waals surface area contributed by atoms with Crippen molar-refractivity contribution < 1.29 is 19.5 Å². The Hall–Kier alpha value is -2.37. The maximum atomic E-state index is 12.3.